The second-order valence-corrected chi connectivity index (χ2v) is 8.32. The van der Waals surface area contributed by atoms with Gasteiger partial charge >= 0.3 is 5.69 Å². The second-order valence-electron chi connectivity index (χ2n) is 7.34. The molecule has 1 aliphatic carbocycles. The highest BCUT2D eigenvalue weighted by Crippen LogP contribution is 2.47. The summed E-state index contributed by atoms with van der Waals surface area (Å²) >= 11 is 1.61. The Labute approximate surface area is 180 Å². The number of methoxy groups -OCH3 is 1. The normalized spacial score (nSPS) is 20.1. The van der Waals surface area contributed by atoms with Gasteiger partial charge in [0.1, 0.15) is 12.4 Å². The maximum atomic E-state index is 13.3. The number of hydrogen-bond acceptors (Lipinski definition) is 9. The van der Waals surface area contributed by atoms with Crippen molar-refractivity contribution < 1.29 is 19.6 Å². The first-order valence-corrected chi connectivity index (χ1v) is 10.4. The lowest BCUT2D eigenvalue weighted by atomic mass is 9.80. The van der Waals surface area contributed by atoms with E-state index < -0.39 is 22.4 Å². The molecule has 0 saturated heterocycles. The third kappa shape index (κ3) is 3.05. The minimum atomic E-state index is -0.723. The standard InChI is InChI=1S/C20H17N5O5S/c1-30-15-8-11(6-13(19(15)27)25(28)29)18-17-12(23-20-21-9-22-24(18)20)5-10(7-14(17)26)16-3-2-4-31-16/h2-4,6,8-10,18,27H,5,7H2,1H3,(H,21,22,23)/t10-,18+/m0/s1. The molecule has 10 nitrogen and oxygen atoms in total. The van der Waals surface area contributed by atoms with Crippen LogP contribution in [0, 0.1) is 10.1 Å². The predicted molar refractivity (Wildman–Crippen MR) is 111 cm³/mol. The van der Waals surface area contributed by atoms with Gasteiger partial charge in [-0.25, -0.2) is 4.68 Å². The van der Waals surface area contributed by atoms with Crippen LogP contribution in [0.4, 0.5) is 11.6 Å². The molecular weight excluding hydrogens is 422 g/mol. The highest BCUT2D eigenvalue weighted by Gasteiger charge is 2.40. The van der Waals surface area contributed by atoms with E-state index in [1.165, 1.54) is 30.3 Å². The van der Waals surface area contributed by atoms with E-state index in [0.29, 0.717) is 29.9 Å². The van der Waals surface area contributed by atoms with Gasteiger partial charge in [0, 0.05) is 34.6 Å². The summed E-state index contributed by atoms with van der Waals surface area (Å²) in [5, 5.41) is 31.1. The van der Waals surface area contributed by atoms with Gasteiger partial charge < -0.3 is 15.2 Å². The highest BCUT2D eigenvalue weighted by molar-refractivity contribution is 7.10. The highest BCUT2D eigenvalue weighted by atomic mass is 32.1. The number of phenolic OH excluding ortho intramolecular Hbond substituents is 1. The van der Waals surface area contributed by atoms with Crippen molar-refractivity contribution in [1.29, 1.82) is 0 Å². The second kappa shape index (κ2) is 7.20. The summed E-state index contributed by atoms with van der Waals surface area (Å²) in [6, 6.07) is 6.00. The molecule has 3 heterocycles. The van der Waals surface area contributed by atoms with Gasteiger partial charge in [0.25, 0.3) is 0 Å². The third-order valence-electron chi connectivity index (χ3n) is 5.62. The van der Waals surface area contributed by atoms with Crippen LogP contribution < -0.4 is 10.1 Å². The minimum absolute atomic E-state index is 0.0498. The Bertz CT molecular complexity index is 1230. The van der Waals surface area contributed by atoms with Crippen molar-refractivity contribution in [2.75, 3.05) is 12.4 Å². The van der Waals surface area contributed by atoms with Crippen LogP contribution in [-0.4, -0.2) is 37.7 Å². The van der Waals surface area contributed by atoms with E-state index in [0.717, 1.165) is 10.6 Å². The van der Waals surface area contributed by atoms with Crippen LogP contribution in [0.3, 0.4) is 0 Å². The Balaban J connectivity index is 1.67. The monoisotopic (exact) mass is 439 g/mol. The molecule has 2 atom stereocenters. The van der Waals surface area contributed by atoms with E-state index in [-0.39, 0.29) is 17.5 Å². The number of aromatic nitrogens is 3. The van der Waals surface area contributed by atoms with Gasteiger partial charge in [0.05, 0.1) is 12.0 Å². The maximum Gasteiger partial charge on any atom is 0.315 e. The molecule has 5 rings (SSSR count). The number of aromatic hydroxyl groups is 1. The average molecular weight is 439 g/mol. The Kier molecular flexibility index (Phi) is 4.47. The van der Waals surface area contributed by atoms with E-state index in [1.54, 1.807) is 11.3 Å². The number of carbonyl (C=O) groups is 1. The molecule has 2 aliphatic rings. The number of nitro groups is 1. The van der Waals surface area contributed by atoms with Gasteiger partial charge in [-0.15, -0.1) is 11.3 Å². The van der Waals surface area contributed by atoms with E-state index in [2.05, 4.69) is 15.4 Å². The van der Waals surface area contributed by atoms with Crippen molar-refractivity contribution >= 4 is 28.8 Å². The molecule has 158 valence electrons. The Morgan fingerprint density at radius 3 is 2.94 bits per heavy atom. The number of ketones is 1. The van der Waals surface area contributed by atoms with Gasteiger partial charge in [-0.05, 0) is 29.5 Å². The SMILES string of the molecule is COc1cc([C@@H]2C3=C(C[C@H](c4cccs4)CC3=O)Nc3ncnn32)cc([N+](=O)[O-])c1O. The third-order valence-corrected chi connectivity index (χ3v) is 6.65. The lowest BCUT2D eigenvalue weighted by Crippen LogP contribution is -2.33. The predicted octanol–water partition coefficient (Wildman–Crippen LogP) is 3.38. The fourth-order valence-corrected chi connectivity index (χ4v) is 5.08. The van der Waals surface area contributed by atoms with Crippen LogP contribution in [0.15, 0.2) is 47.2 Å². The number of nitrogens with one attached hydrogen (secondary N) is 1. The van der Waals surface area contributed by atoms with Crippen molar-refractivity contribution in [2.24, 2.45) is 0 Å². The number of nitrogens with zero attached hydrogens (tertiary/aromatic N) is 4. The topological polar surface area (TPSA) is 132 Å². The van der Waals surface area contributed by atoms with Gasteiger partial charge in [-0.2, -0.15) is 10.1 Å². The molecule has 2 aromatic heterocycles. The number of thiophene rings is 1. The molecule has 0 radical (unpaired) electrons. The maximum absolute atomic E-state index is 13.3. The van der Waals surface area contributed by atoms with Gasteiger partial charge in [-0.3, -0.25) is 14.9 Å². The summed E-state index contributed by atoms with van der Waals surface area (Å²) in [5.74, 6) is -0.180. The van der Waals surface area contributed by atoms with Gasteiger partial charge in [0.2, 0.25) is 11.7 Å². The zero-order valence-corrected chi connectivity index (χ0v) is 17.1. The van der Waals surface area contributed by atoms with E-state index >= 15 is 0 Å². The molecule has 0 fully saturated rings. The number of anilines is 1. The first-order valence-electron chi connectivity index (χ1n) is 9.49. The summed E-state index contributed by atoms with van der Waals surface area (Å²) in [6.45, 7) is 0. The molecule has 0 saturated carbocycles. The Morgan fingerprint density at radius 1 is 1.39 bits per heavy atom. The van der Waals surface area contributed by atoms with Crippen LogP contribution in [0.5, 0.6) is 11.5 Å². The number of nitro benzene ring substituents is 1. The van der Waals surface area contributed by atoms with E-state index in [1.807, 2.05) is 17.5 Å². The zero-order valence-electron chi connectivity index (χ0n) is 16.3. The first kappa shape index (κ1) is 19.2. The smallest absolute Gasteiger partial charge is 0.315 e. The number of fused-ring (bicyclic) bond motifs is 1. The van der Waals surface area contributed by atoms with Gasteiger partial charge in [0.15, 0.2) is 11.5 Å². The van der Waals surface area contributed by atoms with E-state index in [9.17, 15) is 20.0 Å². The fourth-order valence-electron chi connectivity index (χ4n) is 4.25. The quantitative estimate of drug-likeness (QED) is 0.467. The molecule has 31 heavy (non-hydrogen) atoms. The molecule has 0 amide bonds. The summed E-state index contributed by atoms with van der Waals surface area (Å²) < 4.78 is 6.68. The Hall–Kier alpha value is -3.73. The number of ether oxygens (including phenoxy) is 1. The summed E-state index contributed by atoms with van der Waals surface area (Å²) in [6.07, 6.45) is 2.31. The first-order chi connectivity index (χ1) is 15.0. The Morgan fingerprint density at radius 2 is 2.23 bits per heavy atom. The van der Waals surface area contributed by atoms with Crippen LogP contribution in [0.25, 0.3) is 0 Å². The molecule has 11 heteroatoms. The number of carbonyl (C=O) groups excluding carboxylic acids is 1. The average Bonchev–Trinajstić information content (AvgIpc) is 3.44. The summed E-state index contributed by atoms with van der Waals surface area (Å²) in [4.78, 5) is 29.5. The number of hydrogen-bond donors (Lipinski definition) is 2. The van der Waals surface area contributed by atoms with Crippen LogP contribution in [0.1, 0.15) is 35.2 Å². The summed E-state index contributed by atoms with van der Waals surface area (Å²) in [5.41, 5.74) is 1.13. The number of phenols is 1. The molecular formula is C20H17N5O5S. The minimum Gasteiger partial charge on any atom is -0.500 e. The molecule has 1 aliphatic heterocycles. The molecule has 0 unspecified atom stereocenters. The number of Topliss-reactive ketones (excluding diaryl/α,β-unsaturated/α-hetero) is 1. The van der Waals surface area contributed by atoms with E-state index in [4.69, 9.17) is 4.74 Å². The largest absolute Gasteiger partial charge is 0.500 e. The number of allylic oxidation sites excluding steroid dienone is 2. The molecule has 0 spiro atoms. The van der Waals surface area contributed by atoms with Crippen LogP contribution in [0.2, 0.25) is 0 Å². The van der Waals surface area contributed by atoms with Crippen molar-refractivity contribution in [3.8, 4) is 11.5 Å². The zero-order chi connectivity index (χ0) is 21.7. The fraction of sp³-hybridized carbons (Fsp3) is 0.250. The lowest BCUT2D eigenvalue weighted by Gasteiger charge is -2.34. The molecule has 0 bridgehead atoms. The lowest BCUT2D eigenvalue weighted by molar-refractivity contribution is -0.386. The molecule has 2 N–H and O–H groups in total. The number of rotatable bonds is 4. The van der Waals surface area contributed by atoms with Crippen molar-refractivity contribution in [3.05, 3.63) is 67.8 Å². The number of benzene rings is 1. The summed E-state index contributed by atoms with van der Waals surface area (Å²) in [7, 11) is 1.31. The molecule has 3 aromatic rings. The van der Waals surface area contributed by atoms with Crippen molar-refractivity contribution in [1.82, 2.24) is 14.8 Å². The van der Waals surface area contributed by atoms with Gasteiger partial charge in [-0.1, -0.05) is 6.07 Å². The van der Waals surface area contributed by atoms with Crippen LogP contribution >= 0.6 is 11.3 Å². The molecule has 1 aromatic carbocycles. The van der Waals surface area contributed by atoms with Crippen molar-refractivity contribution in [3.63, 3.8) is 0 Å². The van der Waals surface area contributed by atoms with Crippen molar-refractivity contribution in [2.45, 2.75) is 24.8 Å². The van der Waals surface area contributed by atoms with Crippen LogP contribution in [-0.2, 0) is 4.79 Å².